The average Bonchev–Trinajstić information content (AvgIpc) is 2.46. The minimum Gasteiger partial charge on any atom is -0.383 e. The Kier molecular flexibility index (Phi) is 5.08. The summed E-state index contributed by atoms with van der Waals surface area (Å²) in [7, 11) is 0. The number of carbonyl (C=O) groups excluding carboxylic acids is 1. The van der Waals surface area contributed by atoms with Gasteiger partial charge in [-0.25, -0.2) is 4.98 Å². The van der Waals surface area contributed by atoms with E-state index in [1.807, 2.05) is 6.92 Å². The highest BCUT2D eigenvalue weighted by Gasteiger charge is 2.28. The summed E-state index contributed by atoms with van der Waals surface area (Å²) in [5.41, 5.74) is 5.78. The number of piperidine rings is 1. The van der Waals surface area contributed by atoms with E-state index in [2.05, 4.69) is 14.9 Å². The molecular weight excluding hydrogens is 272 g/mol. The van der Waals surface area contributed by atoms with Crippen molar-refractivity contribution in [2.45, 2.75) is 38.8 Å². The van der Waals surface area contributed by atoms with E-state index >= 15 is 0 Å². The summed E-state index contributed by atoms with van der Waals surface area (Å²) in [6.07, 6.45) is 1.08. The van der Waals surface area contributed by atoms with Crippen LogP contribution in [0.3, 0.4) is 0 Å². The molecule has 7 nitrogen and oxygen atoms in total. The minimum absolute atomic E-state index is 0.0762. The maximum Gasteiger partial charge on any atom is 0.251 e. The van der Waals surface area contributed by atoms with Crippen molar-refractivity contribution in [3.05, 3.63) is 27.9 Å². The number of hydrogen-bond acceptors (Lipinski definition) is 5. The number of nitrogens with zero attached hydrogens (tertiary/aromatic N) is 2. The van der Waals surface area contributed by atoms with Gasteiger partial charge in [0.1, 0.15) is 11.9 Å². The predicted octanol–water partition coefficient (Wildman–Crippen LogP) is -0.609. The smallest absolute Gasteiger partial charge is 0.251 e. The van der Waals surface area contributed by atoms with Crippen molar-refractivity contribution in [1.82, 2.24) is 14.9 Å². The first-order valence-corrected chi connectivity index (χ1v) is 7.28. The van der Waals surface area contributed by atoms with Crippen molar-refractivity contribution in [3.8, 4) is 0 Å². The number of carbonyl (C=O) groups is 1. The molecule has 1 aromatic heterocycles. The normalized spacial score (nSPS) is 18.6. The fourth-order valence-corrected chi connectivity index (χ4v) is 2.69. The quantitative estimate of drug-likeness (QED) is 0.670. The molecule has 1 aliphatic heterocycles. The van der Waals surface area contributed by atoms with Crippen molar-refractivity contribution in [2.24, 2.45) is 11.7 Å². The highest BCUT2D eigenvalue weighted by Crippen LogP contribution is 2.21. The molecule has 0 aromatic carbocycles. The van der Waals surface area contributed by atoms with E-state index in [1.165, 1.54) is 6.07 Å². The molecule has 116 valence electrons. The van der Waals surface area contributed by atoms with E-state index in [0.717, 1.165) is 25.2 Å². The van der Waals surface area contributed by atoms with Gasteiger partial charge >= 0.3 is 0 Å². The Morgan fingerprint density at radius 2 is 2.24 bits per heavy atom. The third-order valence-corrected chi connectivity index (χ3v) is 3.95. The largest absolute Gasteiger partial charge is 0.383 e. The zero-order chi connectivity index (χ0) is 15.4. The van der Waals surface area contributed by atoms with Crippen molar-refractivity contribution < 1.29 is 9.90 Å². The molecule has 21 heavy (non-hydrogen) atoms. The molecule has 1 amide bonds. The van der Waals surface area contributed by atoms with Gasteiger partial charge in [0.25, 0.3) is 5.56 Å². The number of nitrogens with one attached hydrogen (secondary N) is 1. The number of aromatic amines is 1. The van der Waals surface area contributed by atoms with Crippen LogP contribution in [0.1, 0.15) is 31.3 Å². The Labute approximate surface area is 123 Å². The number of aryl methyl sites for hydroxylation is 1. The maximum atomic E-state index is 11.5. The lowest BCUT2D eigenvalue weighted by Gasteiger charge is -2.32. The third-order valence-electron chi connectivity index (χ3n) is 3.95. The van der Waals surface area contributed by atoms with Crippen molar-refractivity contribution in [1.29, 1.82) is 0 Å². The first kappa shape index (κ1) is 15.7. The summed E-state index contributed by atoms with van der Waals surface area (Å²) >= 11 is 0. The van der Waals surface area contributed by atoms with Gasteiger partial charge in [0, 0.05) is 11.8 Å². The van der Waals surface area contributed by atoms with Gasteiger partial charge in [-0.3, -0.25) is 14.5 Å². The van der Waals surface area contributed by atoms with Crippen LogP contribution in [0.4, 0.5) is 0 Å². The summed E-state index contributed by atoms with van der Waals surface area (Å²) in [4.78, 5) is 31.8. The second-order valence-corrected chi connectivity index (χ2v) is 5.50. The Balaban J connectivity index is 1.93. The minimum atomic E-state index is -1.06. The van der Waals surface area contributed by atoms with Gasteiger partial charge < -0.3 is 15.8 Å². The number of rotatable bonds is 5. The summed E-state index contributed by atoms with van der Waals surface area (Å²) in [5.74, 6) is -0.0731. The number of aliphatic hydroxyl groups is 1. The molecule has 1 fully saturated rings. The molecule has 0 radical (unpaired) electrons. The van der Waals surface area contributed by atoms with Crippen molar-refractivity contribution in [2.75, 3.05) is 13.1 Å². The zero-order valence-corrected chi connectivity index (χ0v) is 12.2. The molecule has 1 atom stereocenters. The monoisotopic (exact) mass is 294 g/mol. The lowest BCUT2D eigenvalue weighted by molar-refractivity contribution is -0.129. The molecular formula is C14H22N4O3. The van der Waals surface area contributed by atoms with Crippen LogP contribution in [0.2, 0.25) is 0 Å². The molecule has 0 aliphatic carbocycles. The van der Waals surface area contributed by atoms with Crippen molar-refractivity contribution in [3.63, 3.8) is 0 Å². The van der Waals surface area contributed by atoms with Crippen LogP contribution in [0.15, 0.2) is 10.9 Å². The first-order chi connectivity index (χ1) is 9.99. The molecule has 2 heterocycles. The van der Waals surface area contributed by atoms with Gasteiger partial charge in [0.2, 0.25) is 5.91 Å². The predicted molar refractivity (Wildman–Crippen MR) is 77.4 cm³/mol. The van der Waals surface area contributed by atoms with Gasteiger partial charge in [-0.05, 0) is 38.3 Å². The average molecular weight is 294 g/mol. The summed E-state index contributed by atoms with van der Waals surface area (Å²) in [6.45, 7) is 4.02. The van der Waals surface area contributed by atoms with Gasteiger partial charge in [0.05, 0.1) is 6.54 Å². The van der Waals surface area contributed by atoms with Crippen LogP contribution < -0.4 is 11.3 Å². The van der Waals surface area contributed by atoms with Crippen LogP contribution >= 0.6 is 0 Å². The van der Waals surface area contributed by atoms with Crippen molar-refractivity contribution >= 4 is 5.91 Å². The van der Waals surface area contributed by atoms with E-state index < -0.39 is 12.0 Å². The first-order valence-electron chi connectivity index (χ1n) is 7.28. The van der Waals surface area contributed by atoms with Crippen LogP contribution in [-0.4, -0.2) is 45.1 Å². The van der Waals surface area contributed by atoms with E-state index in [-0.39, 0.29) is 11.5 Å². The number of primary amides is 1. The SMILES string of the molecule is CCc1cc(=O)[nH]c(CN2CCC(C(O)C(N)=O)CC2)n1. The number of likely N-dealkylation sites (tertiary alicyclic amines) is 1. The highest BCUT2D eigenvalue weighted by molar-refractivity contribution is 5.78. The van der Waals surface area contributed by atoms with Crippen LogP contribution in [0, 0.1) is 5.92 Å². The number of hydrogen-bond donors (Lipinski definition) is 3. The standard InChI is InChI=1S/C14H22N4O3/c1-2-10-7-12(19)17-11(16-10)8-18-5-3-9(4-6-18)13(20)14(15)21/h7,9,13,20H,2-6,8H2,1H3,(H2,15,21)(H,16,17,19). The van der Waals surface area contributed by atoms with E-state index in [1.54, 1.807) is 0 Å². The van der Waals surface area contributed by atoms with Gasteiger partial charge in [-0.15, -0.1) is 0 Å². The summed E-state index contributed by atoms with van der Waals surface area (Å²) in [6, 6.07) is 1.51. The Hall–Kier alpha value is -1.73. The van der Waals surface area contributed by atoms with Crippen LogP contribution in [0.25, 0.3) is 0 Å². The van der Waals surface area contributed by atoms with Gasteiger partial charge in [-0.2, -0.15) is 0 Å². The van der Waals surface area contributed by atoms with E-state index in [9.17, 15) is 14.7 Å². The Morgan fingerprint density at radius 1 is 1.57 bits per heavy atom. The number of H-pyrrole nitrogens is 1. The third kappa shape index (κ3) is 4.12. The second kappa shape index (κ2) is 6.82. The fraction of sp³-hybridized carbons (Fsp3) is 0.643. The van der Waals surface area contributed by atoms with Crippen LogP contribution in [0.5, 0.6) is 0 Å². The molecule has 1 saturated heterocycles. The van der Waals surface area contributed by atoms with Crippen LogP contribution in [-0.2, 0) is 17.8 Å². The lowest BCUT2D eigenvalue weighted by Crippen LogP contribution is -2.42. The molecule has 0 spiro atoms. The van der Waals surface area contributed by atoms with E-state index in [4.69, 9.17) is 5.73 Å². The molecule has 1 aromatic rings. The number of amides is 1. The number of aliphatic hydroxyl groups excluding tert-OH is 1. The summed E-state index contributed by atoms with van der Waals surface area (Å²) in [5, 5.41) is 9.68. The number of nitrogens with two attached hydrogens (primary N) is 1. The van der Waals surface area contributed by atoms with Gasteiger partial charge in [0.15, 0.2) is 0 Å². The molecule has 1 unspecified atom stereocenters. The molecule has 4 N–H and O–H groups in total. The maximum absolute atomic E-state index is 11.5. The fourth-order valence-electron chi connectivity index (χ4n) is 2.69. The Morgan fingerprint density at radius 3 is 2.81 bits per heavy atom. The molecule has 0 bridgehead atoms. The summed E-state index contributed by atoms with van der Waals surface area (Å²) < 4.78 is 0. The van der Waals surface area contributed by atoms with Gasteiger partial charge in [-0.1, -0.05) is 6.92 Å². The number of aromatic nitrogens is 2. The molecule has 2 rings (SSSR count). The lowest BCUT2D eigenvalue weighted by atomic mass is 9.91. The topological polar surface area (TPSA) is 112 Å². The zero-order valence-electron chi connectivity index (χ0n) is 12.2. The highest BCUT2D eigenvalue weighted by atomic mass is 16.3. The Bertz CT molecular complexity index is 549. The molecule has 1 aliphatic rings. The molecule has 0 saturated carbocycles. The second-order valence-electron chi connectivity index (χ2n) is 5.50. The molecule has 7 heteroatoms. The van der Waals surface area contributed by atoms with E-state index in [0.29, 0.717) is 25.2 Å².